The molecule has 0 unspecified atom stereocenters. The lowest BCUT2D eigenvalue weighted by atomic mass is 10.3. The zero-order valence-corrected chi connectivity index (χ0v) is 10.8. The second-order valence-electron chi connectivity index (χ2n) is 3.53. The van der Waals surface area contributed by atoms with E-state index in [-0.39, 0.29) is 11.7 Å². The van der Waals surface area contributed by atoms with Gasteiger partial charge in [-0.1, -0.05) is 0 Å². The molecule has 0 aliphatic carbocycles. The maximum Gasteiger partial charge on any atom is 0.258 e. The van der Waals surface area contributed by atoms with Gasteiger partial charge in [-0.25, -0.2) is 14.6 Å². The van der Waals surface area contributed by atoms with Gasteiger partial charge >= 0.3 is 0 Å². The van der Waals surface area contributed by atoms with Crippen molar-refractivity contribution in [3.05, 3.63) is 42.0 Å². The summed E-state index contributed by atoms with van der Waals surface area (Å²) in [6.07, 6.45) is 1.94. The van der Waals surface area contributed by atoms with Crippen molar-refractivity contribution in [1.29, 1.82) is 0 Å². The quantitative estimate of drug-likeness (QED) is 0.513. The highest BCUT2D eigenvalue weighted by atomic mass is 32.2. The third-order valence-electron chi connectivity index (χ3n) is 2.31. The molecule has 0 saturated heterocycles. The number of halogens is 2. The molecular weight excluding hydrogens is 272 g/mol. The standard InChI is InChI=1S/C12H11F2N3OS/c1-19-8-4-2-7(3-5-8)18-12-10(14)6-9(13)11(16-12)17-15/h2-6H,15H2,1H3,(H,16,17). The molecule has 100 valence electrons. The molecule has 0 atom stereocenters. The predicted molar refractivity (Wildman–Crippen MR) is 70.3 cm³/mol. The molecule has 0 saturated carbocycles. The third-order valence-corrected chi connectivity index (χ3v) is 3.05. The molecular formula is C12H11F2N3OS. The zero-order chi connectivity index (χ0) is 13.8. The molecule has 0 aliphatic rings. The van der Waals surface area contributed by atoms with Crippen LogP contribution in [-0.4, -0.2) is 11.2 Å². The number of benzene rings is 1. The molecule has 1 aromatic heterocycles. The molecule has 0 fully saturated rings. The molecule has 0 bridgehead atoms. The number of nitrogens with one attached hydrogen (secondary N) is 1. The van der Waals surface area contributed by atoms with Gasteiger partial charge in [-0.15, -0.1) is 11.8 Å². The van der Waals surface area contributed by atoms with E-state index in [0.29, 0.717) is 11.8 Å². The van der Waals surface area contributed by atoms with E-state index in [1.165, 1.54) is 0 Å². The number of nitrogens with zero attached hydrogens (tertiary/aromatic N) is 1. The van der Waals surface area contributed by atoms with Gasteiger partial charge in [0, 0.05) is 11.0 Å². The van der Waals surface area contributed by atoms with Gasteiger partial charge in [0.2, 0.25) is 0 Å². The number of hydrazine groups is 1. The Kier molecular flexibility index (Phi) is 4.18. The first kappa shape index (κ1) is 13.6. The zero-order valence-electron chi connectivity index (χ0n) is 9.98. The average Bonchev–Trinajstić information content (AvgIpc) is 2.42. The first-order valence-electron chi connectivity index (χ1n) is 5.28. The summed E-state index contributed by atoms with van der Waals surface area (Å²) in [5.41, 5.74) is 2.03. The number of ether oxygens (including phenoxy) is 1. The highest BCUT2D eigenvalue weighted by molar-refractivity contribution is 7.98. The SMILES string of the molecule is CSc1ccc(Oc2nc(NN)c(F)cc2F)cc1. The number of thioether (sulfide) groups is 1. The smallest absolute Gasteiger partial charge is 0.258 e. The summed E-state index contributed by atoms with van der Waals surface area (Å²) in [5, 5.41) is 0. The van der Waals surface area contributed by atoms with Gasteiger partial charge in [0.05, 0.1) is 0 Å². The molecule has 0 spiro atoms. The fourth-order valence-electron chi connectivity index (χ4n) is 1.38. The minimum Gasteiger partial charge on any atom is -0.436 e. The number of anilines is 1. The normalized spacial score (nSPS) is 10.3. The number of nitrogen functional groups attached to an aromatic ring is 1. The van der Waals surface area contributed by atoms with Crippen LogP contribution in [0.3, 0.4) is 0 Å². The van der Waals surface area contributed by atoms with Gasteiger partial charge in [0.25, 0.3) is 5.88 Å². The van der Waals surface area contributed by atoms with Crippen molar-refractivity contribution in [3.63, 3.8) is 0 Å². The fourth-order valence-corrected chi connectivity index (χ4v) is 1.79. The van der Waals surface area contributed by atoms with Crippen LogP contribution < -0.4 is 16.0 Å². The van der Waals surface area contributed by atoms with Crippen LogP contribution in [0, 0.1) is 11.6 Å². The van der Waals surface area contributed by atoms with E-state index in [1.807, 2.05) is 23.8 Å². The Morgan fingerprint density at radius 3 is 2.47 bits per heavy atom. The summed E-state index contributed by atoms with van der Waals surface area (Å²) < 4.78 is 31.9. The van der Waals surface area contributed by atoms with Crippen molar-refractivity contribution in [2.45, 2.75) is 4.90 Å². The van der Waals surface area contributed by atoms with Gasteiger partial charge in [-0.3, -0.25) is 0 Å². The molecule has 0 aliphatic heterocycles. The minimum atomic E-state index is -0.898. The number of hydrogen-bond donors (Lipinski definition) is 2. The van der Waals surface area contributed by atoms with Crippen LogP contribution >= 0.6 is 11.8 Å². The molecule has 1 aromatic carbocycles. The molecule has 0 radical (unpaired) electrons. The summed E-state index contributed by atoms with van der Waals surface area (Å²) in [6, 6.07) is 7.65. The van der Waals surface area contributed by atoms with Crippen LogP contribution in [0.2, 0.25) is 0 Å². The van der Waals surface area contributed by atoms with E-state index in [1.54, 1.807) is 23.9 Å². The Hall–Kier alpha value is -1.86. The van der Waals surface area contributed by atoms with Gasteiger partial charge < -0.3 is 10.2 Å². The maximum atomic E-state index is 13.5. The summed E-state index contributed by atoms with van der Waals surface area (Å²) in [5.74, 6) is 3.07. The van der Waals surface area contributed by atoms with E-state index >= 15 is 0 Å². The van der Waals surface area contributed by atoms with E-state index < -0.39 is 11.6 Å². The van der Waals surface area contributed by atoms with E-state index in [9.17, 15) is 8.78 Å². The van der Waals surface area contributed by atoms with Crippen LogP contribution in [0.15, 0.2) is 35.2 Å². The molecule has 7 heteroatoms. The number of aromatic nitrogens is 1. The van der Waals surface area contributed by atoms with Crippen molar-refractivity contribution < 1.29 is 13.5 Å². The lowest BCUT2D eigenvalue weighted by Gasteiger charge is -2.08. The van der Waals surface area contributed by atoms with Crippen molar-refractivity contribution in [2.24, 2.45) is 5.84 Å². The number of nitrogens with two attached hydrogens (primary N) is 1. The van der Waals surface area contributed by atoms with Crippen LogP contribution in [0.4, 0.5) is 14.6 Å². The van der Waals surface area contributed by atoms with Crippen molar-refractivity contribution in [1.82, 2.24) is 4.98 Å². The molecule has 0 amide bonds. The third kappa shape index (κ3) is 3.12. The van der Waals surface area contributed by atoms with Crippen molar-refractivity contribution in [3.8, 4) is 11.6 Å². The second kappa shape index (κ2) is 5.85. The summed E-state index contributed by atoms with van der Waals surface area (Å²) >= 11 is 1.57. The van der Waals surface area contributed by atoms with Gasteiger partial charge in [-0.2, -0.15) is 4.98 Å². The average molecular weight is 283 g/mol. The molecule has 1 heterocycles. The van der Waals surface area contributed by atoms with Gasteiger partial charge in [0.1, 0.15) is 5.75 Å². The highest BCUT2D eigenvalue weighted by Crippen LogP contribution is 2.27. The number of hydrogen-bond acceptors (Lipinski definition) is 5. The van der Waals surface area contributed by atoms with E-state index in [0.717, 1.165) is 4.90 Å². The highest BCUT2D eigenvalue weighted by Gasteiger charge is 2.13. The maximum absolute atomic E-state index is 13.5. The summed E-state index contributed by atoms with van der Waals surface area (Å²) in [6.45, 7) is 0. The van der Waals surface area contributed by atoms with E-state index in [4.69, 9.17) is 10.6 Å². The largest absolute Gasteiger partial charge is 0.436 e. The van der Waals surface area contributed by atoms with Gasteiger partial charge in [-0.05, 0) is 30.5 Å². The lowest BCUT2D eigenvalue weighted by molar-refractivity contribution is 0.418. The Morgan fingerprint density at radius 1 is 1.21 bits per heavy atom. The molecule has 19 heavy (non-hydrogen) atoms. The Bertz CT molecular complexity index is 578. The van der Waals surface area contributed by atoms with Gasteiger partial charge in [0.15, 0.2) is 17.5 Å². The first-order chi connectivity index (χ1) is 9.13. The number of rotatable bonds is 4. The number of pyridine rings is 1. The first-order valence-corrected chi connectivity index (χ1v) is 6.51. The Labute approximate surface area is 113 Å². The van der Waals surface area contributed by atoms with Crippen LogP contribution in [-0.2, 0) is 0 Å². The summed E-state index contributed by atoms with van der Waals surface area (Å²) in [7, 11) is 0. The Balaban J connectivity index is 2.26. The van der Waals surface area contributed by atoms with Crippen molar-refractivity contribution >= 4 is 17.6 Å². The molecule has 4 nitrogen and oxygen atoms in total. The molecule has 2 rings (SSSR count). The topological polar surface area (TPSA) is 60.2 Å². The van der Waals surface area contributed by atoms with Crippen LogP contribution in [0.25, 0.3) is 0 Å². The van der Waals surface area contributed by atoms with E-state index in [2.05, 4.69) is 4.98 Å². The van der Waals surface area contributed by atoms with Crippen LogP contribution in [0.1, 0.15) is 0 Å². The predicted octanol–water partition coefficient (Wildman–Crippen LogP) is 3.16. The Morgan fingerprint density at radius 2 is 1.89 bits per heavy atom. The molecule has 2 aromatic rings. The summed E-state index contributed by atoms with van der Waals surface area (Å²) in [4.78, 5) is 4.66. The van der Waals surface area contributed by atoms with Crippen LogP contribution in [0.5, 0.6) is 11.6 Å². The monoisotopic (exact) mass is 283 g/mol. The minimum absolute atomic E-state index is 0.280. The second-order valence-corrected chi connectivity index (χ2v) is 4.41. The lowest BCUT2D eigenvalue weighted by Crippen LogP contribution is -2.11. The molecule has 3 N–H and O–H groups in total. The fraction of sp³-hybridized carbons (Fsp3) is 0.0833. The van der Waals surface area contributed by atoms with Crippen molar-refractivity contribution in [2.75, 3.05) is 11.7 Å².